The number of hydrogen-bond donors (Lipinski definition) is 5. The molecule has 4 rings (SSSR count). The molecule has 2 aromatic heterocycles. The number of aromatic nitrogens is 4. The van der Waals surface area contributed by atoms with E-state index in [0.717, 1.165) is 19.3 Å². The Bertz CT molecular complexity index is 1230. The van der Waals surface area contributed by atoms with Gasteiger partial charge in [-0.3, -0.25) is 9.05 Å². The summed E-state index contributed by atoms with van der Waals surface area (Å²) in [5.74, 6) is 6.64. The molecule has 13 nitrogen and oxygen atoms in total. The standard InChI is InChI=1S/C19H27N5O8P2/c1-3-4-5-6-7-15-22-17(20-2)16-18(23-15)24(11-21-16)13-8-14(32-34(28,29)30)19(9-12(13)19)10-31-33(25,26)27/h11-14H,3-5,8-10H2,1-2H3,(H,20,22,23)(H2,25,26,27)(H2,28,29,30)/t12-,13+,14+,19-/m1/s1. The monoisotopic (exact) mass is 515 g/mol. The van der Waals surface area contributed by atoms with Gasteiger partial charge in [-0.25, -0.2) is 24.1 Å². The first kappa shape index (κ1) is 25.2. The van der Waals surface area contributed by atoms with Gasteiger partial charge in [0.25, 0.3) is 0 Å². The summed E-state index contributed by atoms with van der Waals surface area (Å²) in [4.78, 5) is 50.5. The van der Waals surface area contributed by atoms with Crippen LogP contribution in [0.3, 0.4) is 0 Å². The molecule has 2 aliphatic rings. The zero-order valence-electron chi connectivity index (χ0n) is 18.7. The van der Waals surface area contributed by atoms with Gasteiger partial charge in [0.15, 0.2) is 17.0 Å². The smallest absolute Gasteiger partial charge is 0.371 e. The summed E-state index contributed by atoms with van der Waals surface area (Å²) >= 11 is 0. The fraction of sp³-hybridized carbons (Fsp3) is 0.632. The van der Waals surface area contributed by atoms with Gasteiger partial charge in [0.2, 0.25) is 5.82 Å². The van der Waals surface area contributed by atoms with Crippen molar-refractivity contribution < 1.29 is 37.8 Å². The van der Waals surface area contributed by atoms with Crippen LogP contribution in [0.1, 0.15) is 50.9 Å². The first-order chi connectivity index (χ1) is 16.0. The van der Waals surface area contributed by atoms with Crippen LogP contribution in [0, 0.1) is 23.2 Å². The normalized spacial score (nSPS) is 26.2. The third-order valence-electron chi connectivity index (χ3n) is 6.38. The van der Waals surface area contributed by atoms with E-state index in [0.29, 0.717) is 29.2 Å². The number of nitrogens with one attached hydrogen (secondary N) is 1. The highest BCUT2D eigenvalue weighted by atomic mass is 31.2. The summed E-state index contributed by atoms with van der Waals surface area (Å²) < 4.78 is 34.4. The zero-order chi connectivity index (χ0) is 24.7. The largest absolute Gasteiger partial charge is 0.469 e. The Morgan fingerprint density at radius 3 is 2.68 bits per heavy atom. The highest BCUT2D eigenvalue weighted by molar-refractivity contribution is 7.46. The summed E-state index contributed by atoms with van der Waals surface area (Å²) in [6.45, 7) is 1.69. The molecule has 0 unspecified atom stereocenters. The lowest BCUT2D eigenvalue weighted by atomic mass is 10.0. The summed E-state index contributed by atoms with van der Waals surface area (Å²) in [6.07, 6.45) is 3.92. The van der Waals surface area contributed by atoms with Crippen molar-refractivity contribution in [2.24, 2.45) is 11.3 Å². The molecule has 15 heteroatoms. The maximum Gasteiger partial charge on any atom is 0.469 e. The Morgan fingerprint density at radius 2 is 2.03 bits per heavy atom. The lowest BCUT2D eigenvalue weighted by molar-refractivity contribution is 0.0499. The number of rotatable bonds is 9. The van der Waals surface area contributed by atoms with Crippen molar-refractivity contribution in [3.05, 3.63) is 12.2 Å². The molecular formula is C19H27N5O8P2. The molecule has 2 heterocycles. The molecule has 2 fully saturated rings. The van der Waals surface area contributed by atoms with Crippen LogP contribution in [0.5, 0.6) is 0 Å². The number of imidazole rings is 1. The lowest BCUT2D eigenvalue weighted by Gasteiger charge is -2.24. The van der Waals surface area contributed by atoms with Gasteiger partial charge in [0.1, 0.15) is 0 Å². The van der Waals surface area contributed by atoms with E-state index in [4.69, 9.17) is 18.8 Å². The highest BCUT2D eigenvalue weighted by Gasteiger charge is 2.70. The SMILES string of the molecule is CCCCC#Cc1nc(NC)c2ncn([C@H]3C[C@H](OP(=O)(O)O)[C@@]4(COP(=O)(O)O)C[C@H]34)c2n1. The zero-order valence-corrected chi connectivity index (χ0v) is 20.4. The number of hydrogen-bond acceptors (Lipinski definition) is 8. The second-order valence-corrected chi connectivity index (χ2v) is 11.0. The molecule has 2 aromatic rings. The molecule has 0 aliphatic heterocycles. The van der Waals surface area contributed by atoms with Crippen molar-refractivity contribution in [3.63, 3.8) is 0 Å². The van der Waals surface area contributed by atoms with E-state index in [1.807, 2.05) is 0 Å². The Hall–Kier alpha value is -1.87. The summed E-state index contributed by atoms with van der Waals surface area (Å²) in [5, 5.41) is 2.99. The molecule has 0 saturated heterocycles. The Morgan fingerprint density at radius 1 is 1.26 bits per heavy atom. The maximum absolute atomic E-state index is 11.6. The van der Waals surface area contributed by atoms with E-state index in [-0.39, 0.29) is 25.0 Å². The molecule has 0 spiro atoms. The van der Waals surface area contributed by atoms with Gasteiger partial charge < -0.3 is 29.5 Å². The van der Waals surface area contributed by atoms with Crippen molar-refractivity contribution in [1.29, 1.82) is 0 Å². The second kappa shape index (κ2) is 9.30. The Kier molecular flexibility index (Phi) is 6.90. The average Bonchev–Trinajstić information content (AvgIpc) is 3.22. The number of anilines is 1. The van der Waals surface area contributed by atoms with E-state index in [1.165, 1.54) is 0 Å². The van der Waals surface area contributed by atoms with Crippen LogP contribution in [0.15, 0.2) is 6.33 Å². The third-order valence-corrected chi connectivity index (χ3v) is 7.37. The van der Waals surface area contributed by atoms with Crippen LogP contribution in [-0.4, -0.2) is 58.9 Å². The lowest BCUT2D eigenvalue weighted by Crippen LogP contribution is -2.26. The average molecular weight is 515 g/mol. The topological polar surface area (TPSA) is 189 Å². The van der Waals surface area contributed by atoms with Crippen LogP contribution < -0.4 is 5.32 Å². The molecule has 0 amide bonds. The summed E-state index contributed by atoms with van der Waals surface area (Å²) in [6, 6.07) is -0.331. The fourth-order valence-corrected chi connectivity index (χ4v) is 5.77. The summed E-state index contributed by atoms with van der Waals surface area (Å²) in [5.41, 5.74) is 0.0712. The van der Waals surface area contributed by atoms with Gasteiger partial charge in [-0.15, -0.1) is 0 Å². The number of fused-ring (bicyclic) bond motifs is 2. The van der Waals surface area contributed by atoms with Gasteiger partial charge in [-0.1, -0.05) is 19.3 Å². The summed E-state index contributed by atoms with van der Waals surface area (Å²) in [7, 11) is -7.92. The molecule has 0 radical (unpaired) electrons. The van der Waals surface area contributed by atoms with Gasteiger partial charge in [0, 0.05) is 24.9 Å². The number of unbranched alkanes of at least 4 members (excludes halogenated alkanes) is 2. The van der Waals surface area contributed by atoms with Gasteiger partial charge in [0.05, 0.1) is 19.0 Å². The van der Waals surface area contributed by atoms with Gasteiger partial charge >= 0.3 is 15.6 Å². The van der Waals surface area contributed by atoms with Crippen molar-refractivity contribution in [2.75, 3.05) is 19.0 Å². The second-order valence-electron chi connectivity index (χ2n) is 8.57. The molecule has 4 atom stereocenters. The van der Waals surface area contributed by atoms with Crippen molar-refractivity contribution >= 4 is 32.6 Å². The van der Waals surface area contributed by atoms with Crippen LogP contribution in [0.25, 0.3) is 11.2 Å². The minimum Gasteiger partial charge on any atom is -0.371 e. The van der Waals surface area contributed by atoms with E-state index < -0.39 is 27.2 Å². The van der Waals surface area contributed by atoms with Crippen LogP contribution in [-0.2, 0) is 18.2 Å². The molecular weight excluding hydrogens is 488 g/mol. The third kappa shape index (κ3) is 5.20. The molecule has 186 valence electrons. The first-order valence-electron chi connectivity index (χ1n) is 10.8. The van der Waals surface area contributed by atoms with E-state index >= 15 is 0 Å². The fourth-order valence-electron chi connectivity index (χ4n) is 4.74. The van der Waals surface area contributed by atoms with Gasteiger partial charge in [-0.2, -0.15) is 0 Å². The van der Waals surface area contributed by atoms with Crippen LogP contribution in [0.4, 0.5) is 5.82 Å². The van der Waals surface area contributed by atoms with Crippen molar-refractivity contribution in [2.45, 2.75) is 51.2 Å². The van der Waals surface area contributed by atoms with E-state index in [9.17, 15) is 18.9 Å². The molecule has 0 bridgehead atoms. The Labute approximate surface area is 195 Å². The molecule has 34 heavy (non-hydrogen) atoms. The van der Waals surface area contributed by atoms with Crippen molar-refractivity contribution in [3.8, 4) is 11.8 Å². The van der Waals surface area contributed by atoms with E-state index in [1.54, 1.807) is 17.9 Å². The maximum atomic E-state index is 11.6. The number of nitrogens with zero attached hydrogens (tertiary/aromatic N) is 4. The molecule has 0 aromatic carbocycles. The quantitative estimate of drug-likeness (QED) is 0.186. The molecule has 2 saturated carbocycles. The predicted octanol–water partition coefficient (Wildman–Crippen LogP) is 1.95. The molecule has 5 N–H and O–H groups in total. The van der Waals surface area contributed by atoms with Crippen molar-refractivity contribution in [1.82, 2.24) is 19.5 Å². The van der Waals surface area contributed by atoms with Crippen LogP contribution >= 0.6 is 15.6 Å². The minimum absolute atomic E-state index is 0.183. The Balaban J connectivity index is 1.69. The molecule has 2 aliphatic carbocycles. The number of phosphoric acid groups is 2. The van der Waals surface area contributed by atoms with E-state index in [2.05, 4.69) is 39.0 Å². The number of phosphoric ester groups is 2. The predicted molar refractivity (Wildman–Crippen MR) is 120 cm³/mol. The van der Waals surface area contributed by atoms with Gasteiger partial charge in [-0.05, 0) is 31.1 Å². The first-order valence-corrected chi connectivity index (χ1v) is 13.9. The minimum atomic E-state index is -4.85. The van der Waals surface area contributed by atoms with Crippen LogP contribution in [0.2, 0.25) is 0 Å². The highest BCUT2D eigenvalue weighted by Crippen LogP contribution is 2.71.